The fourth-order valence-electron chi connectivity index (χ4n) is 2.14. The Bertz CT molecular complexity index is 441. The Morgan fingerprint density at radius 1 is 1.65 bits per heavy atom. The van der Waals surface area contributed by atoms with Crippen LogP contribution in [0.5, 0.6) is 0 Å². The first-order chi connectivity index (χ1) is 7.80. The molecule has 0 aromatic carbocycles. The molecule has 0 aliphatic heterocycles. The Balaban J connectivity index is 2.13. The van der Waals surface area contributed by atoms with Crippen molar-refractivity contribution >= 4 is 33.4 Å². The predicted molar refractivity (Wildman–Crippen MR) is 70.6 cm³/mol. The highest BCUT2D eigenvalue weighted by Crippen LogP contribution is 2.47. The lowest BCUT2D eigenvalue weighted by molar-refractivity contribution is 0.0939. The molecule has 1 fully saturated rings. The molecule has 2 rings (SSSR count). The van der Waals surface area contributed by atoms with Crippen molar-refractivity contribution in [3.63, 3.8) is 0 Å². The molecule has 1 saturated carbocycles. The number of carboxylic acid groups (broad SMARTS) is 1. The summed E-state index contributed by atoms with van der Waals surface area (Å²) in [4.78, 5) is 17.2. The second kappa shape index (κ2) is 4.24. The van der Waals surface area contributed by atoms with Gasteiger partial charge in [-0.2, -0.15) is 0 Å². The number of nitrogens with zero attached hydrogens (tertiary/aromatic N) is 2. The molecule has 1 aromatic rings. The highest BCUT2D eigenvalue weighted by atomic mass is 79.9. The molecule has 4 nitrogen and oxygen atoms in total. The average Bonchev–Trinajstić information content (AvgIpc) is 2.77. The molecule has 94 valence electrons. The van der Waals surface area contributed by atoms with Crippen molar-refractivity contribution < 1.29 is 9.90 Å². The van der Waals surface area contributed by atoms with Gasteiger partial charge in [-0.3, -0.25) is 4.90 Å². The van der Waals surface area contributed by atoms with Crippen LogP contribution in [0, 0.1) is 0 Å². The van der Waals surface area contributed by atoms with E-state index in [9.17, 15) is 9.90 Å². The van der Waals surface area contributed by atoms with E-state index >= 15 is 0 Å². The number of aromatic nitrogens is 1. The van der Waals surface area contributed by atoms with Gasteiger partial charge in [0.1, 0.15) is 0 Å². The zero-order chi connectivity index (χ0) is 12.8. The summed E-state index contributed by atoms with van der Waals surface area (Å²) < 4.78 is 0.857. The molecule has 1 amide bonds. The molecule has 0 spiro atoms. The van der Waals surface area contributed by atoms with E-state index < -0.39 is 6.09 Å². The van der Waals surface area contributed by atoms with Crippen LogP contribution in [-0.4, -0.2) is 32.7 Å². The van der Waals surface area contributed by atoms with E-state index in [0.29, 0.717) is 0 Å². The zero-order valence-corrected chi connectivity index (χ0v) is 12.4. The van der Waals surface area contributed by atoms with Crippen molar-refractivity contribution in [2.24, 2.45) is 0 Å². The summed E-state index contributed by atoms with van der Waals surface area (Å²) in [5.41, 5.74) is 0.640. The van der Waals surface area contributed by atoms with Crippen LogP contribution in [0.2, 0.25) is 0 Å². The lowest BCUT2D eigenvalue weighted by Gasteiger charge is -2.33. The second-order valence-corrected chi connectivity index (χ2v) is 7.39. The molecule has 1 heterocycles. The van der Waals surface area contributed by atoms with Gasteiger partial charge in [-0.25, -0.2) is 9.78 Å². The molecule has 17 heavy (non-hydrogen) atoms. The van der Waals surface area contributed by atoms with Crippen LogP contribution in [0.15, 0.2) is 9.30 Å². The van der Waals surface area contributed by atoms with Crippen LogP contribution < -0.4 is 0 Å². The van der Waals surface area contributed by atoms with Crippen LogP contribution in [0.4, 0.5) is 4.79 Å². The van der Waals surface area contributed by atoms with Crippen molar-refractivity contribution in [2.75, 3.05) is 0 Å². The average molecular weight is 319 g/mol. The number of rotatable bonds is 2. The quantitative estimate of drug-likeness (QED) is 0.907. The summed E-state index contributed by atoms with van der Waals surface area (Å²) >= 11 is 4.87. The van der Waals surface area contributed by atoms with Crippen molar-refractivity contribution in [3.8, 4) is 0 Å². The van der Waals surface area contributed by atoms with Crippen molar-refractivity contribution in [2.45, 2.75) is 44.7 Å². The summed E-state index contributed by atoms with van der Waals surface area (Å²) in [5.74, 6) is 0.257. The number of thiazole rings is 1. The Morgan fingerprint density at radius 2 is 2.29 bits per heavy atom. The first kappa shape index (κ1) is 12.8. The number of hydrogen-bond donors (Lipinski definition) is 1. The Labute approximate surface area is 113 Å². The lowest BCUT2D eigenvalue weighted by Crippen LogP contribution is -2.46. The highest BCUT2D eigenvalue weighted by Gasteiger charge is 2.49. The third kappa shape index (κ3) is 2.63. The fourth-order valence-corrected chi connectivity index (χ4v) is 3.23. The fraction of sp³-hybridized carbons (Fsp3) is 0.636. The maximum absolute atomic E-state index is 11.3. The number of amides is 1. The van der Waals surface area contributed by atoms with Crippen LogP contribution >= 0.6 is 27.3 Å². The summed E-state index contributed by atoms with van der Waals surface area (Å²) in [6.07, 6.45) is 0.0269. The Hall–Kier alpha value is -0.620. The van der Waals surface area contributed by atoms with Crippen molar-refractivity contribution in [3.05, 3.63) is 15.0 Å². The minimum absolute atomic E-state index is 0.0708. The largest absolute Gasteiger partial charge is 0.465 e. The molecular formula is C11H15BrN2O2S. The minimum Gasteiger partial charge on any atom is -0.465 e. The number of halogens is 1. The summed E-state index contributed by atoms with van der Waals surface area (Å²) in [6.45, 7) is 5.77. The van der Waals surface area contributed by atoms with E-state index in [2.05, 4.69) is 20.9 Å². The van der Waals surface area contributed by atoms with Gasteiger partial charge in [-0.15, -0.1) is 11.3 Å². The topological polar surface area (TPSA) is 53.4 Å². The van der Waals surface area contributed by atoms with E-state index in [1.807, 2.05) is 26.2 Å². The van der Waals surface area contributed by atoms with Gasteiger partial charge in [0, 0.05) is 22.9 Å². The van der Waals surface area contributed by atoms with Gasteiger partial charge < -0.3 is 5.11 Å². The van der Waals surface area contributed by atoms with Gasteiger partial charge in [0.15, 0.2) is 3.92 Å². The second-order valence-electron chi connectivity index (χ2n) is 5.26. The third-order valence-electron chi connectivity index (χ3n) is 2.89. The molecular weight excluding hydrogens is 304 g/mol. The van der Waals surface area contributed by atoms with Gasteiger partial charge >= 0.3 is 6.09 Å². The smallest absolute Gasteiger partial charge is 0.408 e. The molecule has 1 aliphatic rings. The van der Waals surface area contributed by atoms with E-state index in [4.69, 9.17) is 0 Å². The monoisotopic (exact) mass is 318 g/mol. The Morgan fingerprint density at radius 3 is 2.71 bits per heavy atom. The SMILES string of the molecule is CC(C)(C)N(C(=O)O)[C@@H]1C[C@H]1c1csc(Br)n1. The summed E-state index contributed by atoms with van der Waals surface area (Å²) in [7, 11) is 0. The lowest BCUT2D eigenvalue weighted by atomic mass is 10.1. The molecule has 2 atom stereocenters. The zero-order valence-electron chi connectivity index (χ0n) is 9.98. The molecule has 1 N–H and O–H groups in total. The summed E-state index contributed by atoms with van der Waals surface area (Å²) in [6, 6.07) is 0.0708. The first-order valence-electron chi connectivity index (χ1n) is 5.44. The molecule has 0 bridgehead atoms. The van der Waals surface area contributed by atoms with Gasteiger partial charge in [0.05, 0.1) is 5.69 Å². The minimum atomic E-state index is -0.848. The standard InChI is InChI=1S/C11H15BrN2O2S/c1-11(2,3)14(10(15)16)8-4-6(8)7-5-17-9(12)13-7/h5-6,8H,4H2,1-3H3,(H,15,16)/t6-,8+/m0/s1. The Kier molecular flexibility index (Phi) is 3.20. The number of carbonyl (C=O) groups is 1. The molecule has 1 aromatic heterocycles. The van der Waals surface area contributed by atoms with Crippen LogP contribution in [0.1, 0.15) is 38.8 Å². The predicted octanol–water partition coefficient (Wildman–Crippen LogP) is 3.54. The first-order valence-corrected chi connectivity index (χ1v) is 7.11. The maximum atomic E-state index is 11.3. The van der Waals surface area contributed by atoms with E-state index in [1.54, 1.807) is 16.2 Å². The third-order valence-corrected chi connectivity index (χ3v) is 4.27. The van der Waals surface area contributed by atoms with E-state index in [0.717, 1.165) is 16.0 Å². The van der Waals surface area contributed by atoms with Gasteiger partial charge in [-0.05, 0) is 43.1 Å². The number of hydrogen-bond acceptors (Lipinski definition) is 3. The van der Waals surface area contributed by atoms with Crippen LogP contribution in [-0.2, 0) is 0 Å². The molecule has 0 radical (unpaired) electrons. The van der Waals surface area contributed by atoms with Gasteiger partial charge in [-0.1, -0.05) is 0 Å². The summed E-state index contributed by atoms with van der Waals surface area (Å²) in [5, 5.41) is 11.3. The molecule has 0 saturated heterocycles. The maximum Gasteiger partial charge on any atom is 0.408 e. The highest BCUT2D eigenvalue weighted by molar-refractivity contribution is 9.11. The van der Waals surface area contributed by atoms with Crippen LogP contribution in [0.25, 0.3) is 0 Å². The molecule has 1 aliphatic carbocycles. The molecule has 0 unspecified atom stereocenters. The van der Waals surface area contributed by atoms with E-state index in [1.165, 1.54) is 0 Å². The molecule has 6 heteroatoms. The van der Waals surface area contributed by atoms with Gasteiger partial charge in [0.25, 0.3) is 0 Å². The van der Waals surface area contributed by atoms with Crippen LogP contribution in [0.3, 0.4) is 0 Å². The van der Waals surface area contributed by atoms with Gasteiger partial charge in [0.2, 0.25) is 0 Å². The van der Waals surface area contributed by atoms with E-state index in [-0.39, 0.29) is 17.5 Å². The van der Waals surface area contributed by atoms with Crippen molar-refractivity contribution in [1.29, 1.82) is 0 Å². The normalized spacial score (nSPS) is 23.5. The van der Waals surface area contributed by atoms with Crippen molar-refractivity contribution in [1.82, 2.24) is 9.88 Å².